The lowest BCUT2D eigenvalue weighted by atomic mass is 10.0. The fourth-order valence-corrected chi connectivity index (χ4v) is 4.63. The van der Waals surface area contributed by atoms with Crippen LogP contribution < -0.4 is 5.32 Å². The highest BCUT2D eigenvalue weighted by Gasteiger charge is 2.31. The van der Waals surface area contributed by atoms with Gasteiger partial charge in [0.1, 0.15) is 30.1 Å². The molecule has 0 spiro atoms. The van der Waals surface area contributed by atoms with Crippen LogP contribution in [0.3, 0.4) is 0 Å². The van der Waals surface area contributed by atoms with Gasteiger partial charge >= 0.3 is 11.9 Å². The first kappa shape index (κ1) is 30.4. The molecule has 0 aliphatic rings. The number of unbranched alkanes of at least 4 members (excludes halogenated alkanes) is 4. The minimum Gasteiger partial charge on any atom is -0.460 e. The molecule has 2 atom stereocenters. The van der Waals surface area contributed by atoms with Gasteiger partial charge in [-0.1, -0.05) is 81.5 Å². The van der Waals surface area contributed by atoms with Gasteiger partial charge in [0.15, 0.2) is 0 Å². The molecule has 7 heteroatoms. The van der Waals surface area contributed by atoms with E-state index in [4.69, 9.17) is 14.5 Å². The molecular formula is C32H45N3O4. The monoisotopic (exact) mass is 535 g/mol. The molecule has 212 valence electrons. The van der Waals surface area contributed by atoms with E-state index >= 15 is 0 Å². The highest BCUT2D eigenvalue weighted by Crippen LogP contribution is 2.18. The summed E-state index contributed by atoms with van der Waals surface area (Å²) in [4.78, 5) is 31.4. The van der Waals surface area contributed by atoms with Crippen molar-refractivity contribution in [1.29, 1.82) is 0 Å². The molecule has 1 aromatic heterocycles. The van der Waals surface area contributed by atoms with E-state index in [1.54, 1.807) is 0 Å². The molecule has 1 N–H and O–H groups in total. The molecule has 1 unspecified atom stereocenters. The van der Waals surface area contributed by atoms with Crippen molar-refractivity contribution in [2.45, 2.75) is 103 Å². The summed E-state index contributed by atoms with van der Waals surface area (Å²) in [5.41, 5.74) is 2.27. The molecule has 0 saturated heterocycles. The van der Waals surface area contributed by atoms with Gasteiger partial charge < -0.3 is 14.0 Å². The lowest BCUT2D eigenvalue weighted by Gasteiger charge is -2.27. The van der Waals surface area contributed by atoms with Crippen LogP contribution in [0.15, 0.2) is 54.6 Å². The molecule has 0 radical (unpaired) electrons. The minimum absolute atomic E-state index is 0.179. The van der Waals surface area contributed by atoms with Crippen LogP contribution >= 0.6 is 0 Å². The summed E-state index contributed by atoms with van der Waals surface area (Å²) < 4.78 is 13.5. The number of rotatable bonds is 15. The van der Waals surface area contributed by atoms with Crippen molar-refractivity contribution < 1.29 is 19.1 Å². The van der Waals surface area contributed by atoms with Gasteiger partial charge in [-0.2, -0.15) is 0 Å². The fraction of sp³-hybridized carbons (Fsp3) is 0.531. The topological polar surface area (TPSA) is 82.5 Å². The number of nitrogens with zero attached hydrogens (tertiary/aromatic N) is 2. The van der Waals surface area contributed by atoms with Crippen molar-refractivity contribution in [2.24, 2.45) is 7.05 Å². The molecule has 1 heterocycles. The summed E-state index contributed by atoms with van der Waals surface area (Å²) in [6.07, 6.45) is 6.99. The molecule has 3 aromatic rings. The van der Waals surface area contributed by atoms with Crippen LogP contribution in [0.1, 0.15) is 84.0 Å². The second-order valence-electron chi connectivity index (χ2n) is 11.2. The van der Waals surface area contributed by atoms with Gasteiger partial charge in [0, 0.05) is 13.5 Å². The third-order valence-corrected chi connectivity index (χ3v) is 6.73. The summed E-state index contributed by atoms with van der Waals surface area (Å²) in [5, 5.41) is 3.34. The number of hydrogen-bond acceptors (Lipinski definition) is 6. The smallest absolute Gasteiger partial charge is 0.323 e. The number of esters is 2. The standard InChI is InChI=1S/C32H45N3O4/c1-6-7-8-9-13-19-26(31(37)39-32(2,3)4)33-27(30(36)38-23-24-16-11-10-12-17-24)21-22-29-34-25-18-14-15-20-28(25)35(29)5/h10-12,14-18,20,26-27,33H,6-9,13,19,21-23H2,1-5H3/t26?,27-/m0/s1. The molecule has 0 saturated carbocycles. The average molecular weight is 536 g/mol. The third-order valence-electron chi connectivity index (χ3n) is 6.73. The Hall–Kier alpha value is -3.19. The number of carbonyl (C=O) groups is 2. The van der Waals surface area contributed by atoms with E-state index in [9.17, 15) is 9.59 Å². The highest BCUT2D eigenvalue weighted by molar-refractivity contribution is 5.80. The molecular weight excluding hydrogens is 490 g/mol. The van der Waals surface area contributed by atoms with Crippen molar-refractivity contribution in [3.63, 3.8) is 0 Å². The Morgan fingerprint density at radius 1 is 0.897 bits per heavy atom. The maximum absolute atomic E-state index is 13.4. The normalized spacial score (nSPS) is 13.3. The van der Waals surface area contributed by atoms with E-state index in [0.717, 1.165) is 48.1 Å². The zero-order valence-electron chi connectivity index (χ0n) is 24.2. The molecule has 0 fully saturated rings. The quantitative estimate of drug-likeness (QED) is 0.182. The Kier molecular flexibility index (Phi) is 11.5. The molecule has 7 nitrogen and oxygen atoms in total. The van der Waals surface area contributed by atoms with Crippen LogP contribution in [0.25, 0.3) is 11.0 Å². The van der Waals surface area contributed by atoms with Crippen molar-refractivity contribution >= 4 is 23.0 Å². The zero-order valence-corrected chi connectivity index (χ0v) is 24.2. The summed E-state index contributed by atoms with van der Waals surface area (Å²) in [6.45, 7) is 7.95. The lowest BCUT2D eigenvalue weighted by molar-refractivity contribution is -0.158. The van der Waals surface area contributed by atoms with Crippen LogP contribution in [0, 0.1) is 0 Å². The fourth-order valence-electron chi connectivity index (χ4n) is 4.63. The summed E-state index contributed by atoms with van der Waals surface area (Å²) >= 11 is 0. The van der Waals surface area contributed by atoms with Crippen LogP contribution in [0.5, 0.6) is 0 Å². The molecule has 0 amide bonds. The number of nitrogens with one attached hydrogen (secondary N) is 1. The van der Waals surface area contributed by atoms with E-state index in [-0.39, 0.29) is 18.5 Å². The van der Waals surface area contributed by atoms with Gasteiger partial charge in [0.25, 0.3) is 0 Å². The lowest BCUT2D eigenvalue weighted by Crippen LogP contribution is -2.49. The van der Waals surface area contributed by atoms with Crippen LogP contribution in [-0.4, -0.2) is 39.2 Å². The van der Waals surface area contributed by atoms with E-state index in [1.165, 1.54) is 6.42 Å². The number of fused-ring (bicyclic) bond motifs is 1. The maximum atomic E-state index is 13.4. The number of carbonyl (C=O) groups excluding carboxylic acids is 2. The van der Waals surface area contributed by atoms with Crippen LogP contribution in [0.2, 0.25) is 0 Å². The van der Waals surface area contributed by atoms with Crippen molar-refractivity contribution in [3.8, 4) is 0 Å². The van der Waals surface area contributed by atoms with Crippen molar-refractivity contribution in [3.05, 3.63) is 66.0 Å². The molecule has 3 rings (SSSR count). The van der Waals surface area contributed by atoms with Crippen LogP contribution in [-0.2, 0) is 39.1 Å². The Balaban J connectivity index is 1.76. The number of ether oxygens (including phenoxy) is 2. The van der Waals surface area contributed by atoms with Gasteiger partial charge in [0.05, 0.1) is 11.0 Å². The van der Waals surface area contributed by atoms with E-state index < -0.39 is 17.7 Å². The van der Waals surface area contributed by atoms with Crippen molar-refractivity contribution in [1.82, 2.24) is 14.9 Å². The number of benzene rings is 2. The number of hydrogen-bond donors (Lipinski definition) is 1. The Morgan fingerprint density at radius 2 is 1.56 bits per heavy atom. The van der Waals surface area contributed by atoms with E-state index in [2.05, 4.69) is 16.8 Å². The predicted molar refractivity (Wildman–Crippen MR) is 155 cm³/mol. The maximum Gasteiger partial charge on any atom is 0.323 e. The van der Waals surface area contributed by atoms with E-state index in [1.807, 2.05) is 82.4 Å². The first-order chi connectivity index (χ1) is 18.7. The molecule has 2 aromatic carbocycles. The number of aryl methyl sites for hydroxylation is 2. The largest absolute Gasteiger partial charge is 0.460 e. The summed E-state index contributed by atoms with van der Waals surface area (Å²) in [5.74, 6) is 0.172. The second-order valence-corrected chi connectivity index (χ2v) is 11.2. The Labute approximate surface area is 233 Å². The van der Waals surface area contributed by atoms with E-state index in [0.29, 0.717) is 19.3 Å². The first-order valence-corrected chi connectivity index (χ1v) is 14.3. The van der Waals surface area contributed by atoms with Gasteiger partial charge in [-0.25, -0.2) is 4.98 Å². The van der Waals surface area contributed by atoms with Gasteiger partial charge in [0.2, 0.25) is 0 Å². The SMILES string of the molecule is CCCCCCCC(N[C@@H](CCc1nc2ccccc2n1C)C(=O)OCc1ccccc1)C(=O)OC(C)(C)C. The minimum atomic E-state index is -0.679. The summed E-state index contributed by atoms with van der Waals surface area (Å²) in [6, 6.07) is 16.3. The number of para-hydroxylation sites is 2. The zero-order chi connectivity index (χ0) is 28.3. The molecule has 0 bridgehead atoms. The highest BCUT2D eigenvalue weighted by atomic mass is 16.6. The average Bonchev–Trinajstić information content (AvgIpc) is 3.23. The Bertz CT molecular complexity index is 1180. The first-order valence-electron chi connectivity index (χ1n) is 14.3. The molecule has 0 aliphatic heterocycles. The van der Waals surface area contributed by atoms with Gasteiger partial charge in [-0.15, -0.1) is 0 Å². The summed E-state index contributed by atoms with van der Waals surface area (Å²) in [7, 11) is 1.99. The van der Waals surface area contributed by atoms with Crippen molar-refractivity contribution in [2.75, 3.05) is 0 Å². The van der Waals surface area contributed by atoms with Gasteiger partial charge in [-0.05, 0) is 51.3 Å². The molecule has 0 aliphatic carbocycles. The predicted octanol–water partition coefficient (Wildman–Crippen LogP) is 6.28. The van der Waals surface area contributed by atoms with Crippen LogP contribution in [0.4, 0.5) is 0 Å². The molecule has 39 heavy (non-hydrogen) atoms. The van der Waals surface area contributed by atoms with Gasteiger partial charge in [-0.3, -0.25) is 14.9 Å². The second kappa shape index (κ2) is 14.8. The Morgan fingerprint density at radius 3 is 2.26 bits per heavy atom. The number of aromatic nitrogens is 2. The third kappa shape index (κ3) is 9.81. The number of imidazole rings is 1.